The van der Waals surface area contributed by atoms with Crippen molar-refractivity contribution < 1.29 is 30.8 Å². The van der Waals surface area contributed by atoms with Crippen LogP contribution in [0, 0.1) is 11.5 Å². The summed E-state index contributed by atoms with van der Waals surface area (Å²) in [5.74, 6) is -1.29. The van der Waals surface area contributed by atoms with Gasteiger partial charge in [-0.05, 0) is 18.6 Å². The molecule has 0 spiro atoms. The van der Waals surface area contributed by atoms with E-state index in [1.54, 1.807) is 0 Å². The first-order valence-electron chi connectivity index (χ1n) is 8.74. The first-order valence-corrected chi connectivity index (χ1v) is 10.8. The molecule has 1 amide bonds. The number of halogens is 3. The van der Waals surface area contributed by atoms with Gasteiger partial charge in [0.15, 0.2) is 12.0 Å². The van der Waals surface area contributed by atoms with Gasteiger partial charge in [-0.15, -0.1) is 0 Å². The first-order chi connectivity index (χ1) is 14.0. The van der Waals surface area contributed by atoms with Crippen LogP contribution in [0.15, 0.2) is 34.9 Å². The fraction of sp³-hybridized carbons (Fsp3) is 0.389. The summed E-state index contributed by atoms with van der Waals surface area (Å²) in [6.07, 6.45) is -0.155. The second-order valence-electron chi connectivity index (χ2n) is 7.01. The number of hydrogen-bond acceptors (Lipinski definition) is 7. The van der Waals surface area contributed by atoms with E-state index in [1.165, 1.54) is 17.0 Å². The molecule has 30 heavy (non-hydrogen) atoms. The predicted octanol–water partition coefficient (Wildman–Crippen LogP) is 2.06. The van der Waals surface area contributed by atoms with Crippen LogP contribution < -0.4 is 5.32 Å². The molecule has 12 heteroatoms. The Morgan fingerprint density at radius 2 is 2.17 bits per heavy atom. The van der Waals surface area contributed by atoms with E-state index in [9.17, 15) is 26.4 Å². The molecule has 8 nitrogen and oxygen atoms in total. The number of nitrogens with one attached hydrogen (secondary N) is 1. The molecule has 1 fully saturated rings. The highest BCUT2D eigenvalue weighted by Crippen LogP contribution is 2.32. The highest BCUT2D eigenvalue weighted by Gasteiger charge is 2.35. The van der Waals surface area contributed by atoms with Crippen LogP contribution >= 0.6 is 0 Å². The minimum absolute atomic E-state index is 0.00808. The van der Waals surface area contributed by atoms with E-state index in [-0.39, 0.29) is 35.9 Å². The van der Waals surface area contributed by atoms with Crippen LogP contribution in [-0.4, -0.2) is 54.8 Å². The fourth-order valence-electron chi connectivity index (χ4n) is 3.26. The minimum atomic E-state index is -4.52. The van der Waals surface area contributed by atoms with Crippen molar-refractivity contribution in [3.8, 4) is 17.5 Å². The fourth-order valence-corrected chi connectivity index (χ4v) is 4.27. The van der Waals surface area contributed by atoms with Crippen molar-refractivity contribution in [3.05, 3.63) is 41.9 Å². The normalized spacial score (nSPS) is 19.5. The molecule has 0 bridgehead atoms. The van der Waals surface area contributed by atoms with E-state index in [4.69, 9.17) is 9.68 Å². The third-order valence-electron chi connectivity index (χ3n) is 4.55. The number of rotatable bonds is 5. The van der Waals surface area contributed by atoms with E-state index in [0.29, 0.717) is 0 Å². The number of aromatic nitrogens is 1. The number of nitriles is 1. The second-order valence-corrected chi connectivity index (χ2v) is 9.20. The highest BCUT2D eigenvalue weighted by molar-refractivity contribution is 7.90. The van der Waals surface area contributed by atoms with Gasteiger partial charge in [0.1, 0.15) is 9.84 Å². The molecule has 1 aliphatic heterocycles. The van der Waals surface area contributed by atoms with Gasteiger partial charge in [-0.1, -0.05) is 12.1 Å². The Morgan fingerprint density at radius 3 is 2.80 bits per heavy atom. The molecular formula is C18H17F3N4O4S. The Kier molecular flexibility index (Phi) is 5.76. The van der Waals surface area contributed by atoms with E-state index in [1.807, 2.05) is 6.19 Å². The standard InChI is InChI=1S/C18H17F3N4O4S/c1-30(27,28)9-14-6-13(8-25(14)10-22)24-16(26)17-23-7-15(29-17)11-3-2-4-12(5-11)18(19,20)21/h2-5,7,13-14H,6,8-9H2,1H3,(H,24,26)/t13-,14-/m1/s1. The average Bonchev–Trinajstić information content (AvgIpc) is 3.27. The van der Waals surface area contributed by atoms with Gasteiger partial charge in [-0.25, -0.2) is 13.4 Å². The zero-order valence-corrected chi connectivity index (χ0v) is 16.5. The van der Waals surface area contributed by atoms with Gasteiger partial charge in [0.2, 0.25) is 0 Å². The van der Waals surface area contributed by atoms with Crippen LogP contribution in [0.4, 0.5) is 13.2 Å². The summed E-state index contributed by atoms with van der Waals surface area (Å²) < 4.78 is 66.9. The average molecular weight is 442 g/mol. The zero-order valence-electron chi connectivity index (χ0n) is 15.7. The number of carbonyl (C=O) groups is 1. The Hall–Kier alpha value is -3.07. The van der Waals surface area contributed by atoms with Crippen LogP contribution in [0.5, 0.6) is 0 Å². The molecule has 3 rings (SSSR count). The van der Waals surface area contributed by atoms with Crippen molar-refractivity contribution in [1.82, 2.24) is 15.2 Å². The maximum atomic E-state index is 12.9. The number of oxazole rings is 1. The second kappa shape index (κ2) is 7.98. The molecule has 1 saturated heterocycles. The molecular weight excluding hydrogens is 425 g/mol. The zero-order chi connectivity index (χ0) is 22.1. The van der Waals surface area contributed by atoms with Gasteiger partial charge in [-0.2, -0.15) is 18.4 Å². The topological polar surface area (TPSA) is 116 Å². The lowest BCUT2D eigenvalue weighted by molar-refractivity contribution is -0.137. The number of alkyl halides is 3. The molecule has 0 radical (unpaired) electrons. The van der Waals surface area contributed by atoms with Crippen molar-refractivity contribution in [2.45, 2.75) is 24.7 Å². The molecule has 1 aliphatic rings. The van der Waals surface area contributed by atoms with E-state index in [0.717, 1.165) is 24.6 Å². The number of benzene rings is 1. The maximum absolute atomic E-state index is 12.9. The van der Waals surface area contributed by atoms with Crippen LogP contribution in [-0.2, 0) is 16.0 Å². The SMILES string of the molecule is CS(=O)(=O)C[C@H]1C[C@@H](NC(=O)c2ncc(-c3cccc(C(F)(F)F)c3)o2)CN1C#N. The molecule has 2 heterocycles. The largest absolute Gasteiger partial charge is 0.432 e. The summed E-state index contributed by atoms with van der Waals surface area (Å²) in [5, 5.41) is 11.8. The van der Waals surface area contributed by atoms with E-state index < -0.39 is 39.6 Å². The monoisotopic (exact) mass is 442 g/mol. The summed E-state index contributed by atoms with van der Waals surface area (Å²) in [6.45, 7) is 0.129. The number of sulfone groups is 1. The highest BCUT2D eigenvalue weighted by atomic mass is 32.2. The van der Waals surface area contributed by atoms with Gasteiger partial charge in [0.05, 0.1) is 23.6 Å². The van der Waals surface area contributed by atoms with Crippen LogP contribution in [0.1, 0.15) is 22.7 Å². The lowest BCUT2D eigenvalue weighted by Gasteiger charge is -2.16. The Morgan fingerprint density at radius 1 is 1.43 bits per heavy atom. The number of amides is 1. The summed E-state index contributed by atoms with van der Waals surface area (Å²) in [7, 11) is -3.31. The summed E-state index contributed by atoms with van der Waals surface area (Å²) in [4.78, 5) is 17.5. The van der Waals surface area contributed by atoms with Gasteiger partial charge in [0.25, 0.3) is 5.89 Å². The quantitative estimate of drug-likeness (QED) is 0.705. The Bertz CT molecular complexity index is 1090. The lowest BCUT2D eigenvalue weighted by atomic mass is 10.1. The van der Waals surface area contributed by atoms with Crippen molar-refractivity contribution >= 4 is 15.7 Å². The molecule has 1 N–H and O–H groups in total. The molecule has 160 valence electrons. The van der Waals surface area contributed by atoms with E-state index >= 15 is 0 Å². The van der Waals surface area contributed by atoms with Crippen molar-refractivity contribution in [2.75, 3.05) is 18.6 Å². The van der Waals surface area contributed by atoms with Crippen molar-refractivity contribution in [1.29, 1.82) is 5.26 Å². The smallest absolute Gasteiger partial charge is 0.416 e. The van der Waals surface area contributed by atoms with Crippen molar-refractivity contribution in [2.24, 2.45) is 0 Å². The van der Waals surface area contributed by atoms with Crippen LogP contribution in [0.2, 0.25) is 0 Å². The maximum Gasteiger partial charge on any atom is 0.416 e. The van der Waals surface area contributed by atoms with Gasteiger partial charge >= 0.3 is 12.1 Å². The van der Waals surface area contributed by atoms with Crippen LogP contribution in [0.25, 0.3) is 11.3 Å². The number of carbonyl (C=O) groups excluding carboxylic acids is 1. The molecule has 0 saturated carbocycles. The molecule has 2 atom stereocenters. The molecule has 1 aromatic heterocycles. The summed E-state index contributed by atoms with van der Waals surface area (Å²) in [5.41, 5.74) is -0.747. The van der Waals surface area contributed by atoms with Crippen LogP contribution in [0.3, 0.4) is 0 Å². The number of hydrogen-bond donors (Lipinski definition) is 1. The predicted molar refractivity (Wildman–Crippen MR) is 98.6 cm³/mol. The molecule has 0 unspecified atom stereocenters. The lowest BCUT2D eigenvalue weighted by Crippen LogP contribution is -2.36. The summed E-state index contributed by atoms with van der Waals surface area (Å²) in [6, 6.07) is 3.36. The van der Waals surface area contributed by atoms with Gasteiger partial charge < -0.3 is 14.6 Å². The third kappa shape index (κ3) is 5.10. The minimum Gasteiger partial charge on any atom is -0.432 e. The summed E-state index contributed by atoms with van der Waals surface area (Å²) >= 11 is 0. The van der Waals surface area contributed by atoms with Gasteiger partial charge in [-0.3, -0.25) is 4.79 Å². The Labute approximate surface area is 170 Å². The molecule has 0 aliphatic carbocycles. The first kappa shape index (κ1) is 21.6. The third-order valence-corrected chi connectivity index (χ3v) is 5.54. The van der Waals surface area contributed by atoms with Crippen molar-refractivity contribution in [3.63, 3.8) is 0 Å². The van der Waals surface area contributed by atoms with E-state index in [2.05, 4.69) is 10.3 Å². The Balaban J connectivity index is 1.70. The number of nitrogens with zero attached hydrogens (tertiary/aromatic N) is 3. The molecule has 1 aromatic carbocycles. The number of likely N-dealkylation sites (tertiary alicyclic amines) is 1. The molecule has 2 aromatic rings. The van der Waals surface area contributed by atoms with Gasteiger partial charge in [0, 0.05) is 24.4 Å².